The molecule has 0 N–H and O–H groups in total. The van der Waals surface area contributed by atoms with Gasteiger partial charge in [0, 0.05) is 33.3 Å². The molecule has 0 saturated heterocycles. The maximum Gasteiger partial charge on any atom is 0.0465 e. The molecule has 0 atom stereocenters. The molecule has 0 radical (unpaired) electrons. The maximum absolute atomic E-state index is 2.47. The van der Waals surface area contributed by atoms with Crippen LogP contribution in [0.25, 0.3) is 55.6 Å². The van der Waals surface area contributed by atoms with Crippen LogP contribution < -0.4 is 4.90 Å². The Morgan fingerprint density at radius 2 is 0.638 bits per heavy atom. The Kier molecular flexibility index (Phi) is 7.36. The summed E-state index contributed by atoms with van der Waals surface area (Å²) < 4.78 is 0. The van der Waals surface area contributed by atoms with E-state index in [1.165, 1.54) is 100 Å². The summed E-state index contributed by atoms with van der Waals surface area (Å²) in [5.41, 5.74) is 24.6. The van der Waals surface area contributed by atoms with Gasteiger partial charge < -0.3 is 4.90 Å². The second-order valence-electron chi connectivity index (χ2n) is 18.1. The van der Waals surface area contributed by atoms with Crippen LogP contribution in [-0.2, 0) is 16.2 Å². The molecule has 0 heterocycles. The van der Waals surface area contributed by atoms with Crippen molar-refractivity contribution in [2.45, 2.75) is 57.8 Å². The van der Waals surface area contributed by atoms with Crippen molar-refractivity contribution < 1.29 is 0 Å². The Morgan fingerprint density at radius 1 is 0.276 bits per heavy atom. The van der Waals surface area contributed by atoms with E-state index in [-0.39, 0.29) is 16.2 Å². The molecule has 0 fully saturated rings. The molecular formula is C57H47N. The predicted octanol–water partition coefficient (Wildman–Crippen LogP) is 15.4. The third-order valence-electron chi connectivity index (χ3n) is 13.9. The van der Waals surface area contributed by atoms with Crippen LogP contribution in [0.4, 0.5) is 17.1 Å². The van der Waals surface area contributed by atoms with E-state index in [0.29, 0.717) is 0 Å². The zero-order chi connectivity index (χ0) is 39.6. The predicted molar refractivity (Wildman–Crippen MR) is 245 cm³/mol. The lowest BCUT2D eigenvalue weighted by Crippen LogP contribution is -2.18. The number of anilines is 3. The van der Waals surface area contributed by atoms with Crippen molar-refractivity contribution in [3.05, 3.63) is 209 Å². The Labute approximate surface area is 343 Å². The lowest BCUT2D eigenvalue weighted by molar-refractivity contribution is 0.660. The smallest absolute Gasteiger partial charge is 0.0465 e. The molecule has 0 aliphatic heterocycles. The van der Waals surface area contributed by atoms with Gasteiger partial charge in [-0.3, -0.25) is 0 Å². The molecule has 8 aromatic rings. The molecule has 0 aromatic heterocycles. The van der Waals surface area contributed by atoms with Gasteiger partial charge in [-0.15, -0.1) is 0 Å². The Balaban J connectivity index is 1.05. The Morgan fingerprint density at radius 3 is 1.16 bits per heavy atom. The van der Waals surface area contributed by atoms with Gasteiger partial charge in [-0.05, 0) is 125 Å². The second-order valence-corrected chi connectivity index (χ2v) is 18.1. The van der Waals surface area contributed by atoms with E-state index in [1.807, 2.05) is 0 Å². The van der Waals surface area contributed by atoms with E-state index in [4.69, 9.17) is 0 Å². The molecular weight excluding hydrogens is 699 g/mol. The molecule has 3 aliphatic carbocycles. The highest BCUT2D eigenvalue weighted by molar-refractivity contribution is 5.94. The summed E-state index contributed by atoms with van der Waals surface area (Å²) in [6.07, 6.45) is 0. The molecule has 0 bridgehead atoms. The minimum Gasteiger partial charge on any atom is -0.310 e. The molecule has 0 spiro atoms. The lowest BCUT2D eigenvalue weighted by Gasteiger charge is -2.30. The fraction of sp³-hybridized carbons (Fsp3) is 0.158. The quantitative estimate of drug-likeness (QED) is 0.170. The fourth-order valence-corrected chi connectivity index (χ4v) is 10.9. The number of hydrogen-bond donors (Lipinski definition) is 0. The van der Waals surface area contributed by atoms with Crippen LogP contribution in [0.3, 0.4) is 0 Å². The van der Waals surface area contributed by atoms with Gasteiger partial charge in [-0.25, -0.2) is 0 Å². The molecule has 0 saturated carbocycles. The maximum atomic E-state index is 2.47. The van der Waals surface area contributed by atoms with Crippen LogP contribution in [-0.4, -0.2) is 0 Å². The lowest BCUT2D eigenvalue weighted by atomic mass is 9.78. The van der Waals surface area contributed by atoms with Gasteiger partial charge in [0.25, 0.3) is 0 Å². The topological polar surface area (TPSA) is 3.24 Å². The van der Waals surface area contributed by atoms with E-state index in [0.717, 1.165) is 5.69 Å². The average Bonchev–Trinajstić information content (AvgIpc) is 3.74. The number of fused-ring (bicyclic) bond motifs is 9. The van der Waals surface area contributed by atoms with Gasteiger partial charge in [0.15, 0.2) is 0 Å². The Hall–Kier alpha value is -6.44. The first-order valence-electron chi connectivity index (χ1n) is 20.8. The van der Waals surface area contributed by atoms with E-state index in [2.05, 4.69) is 222 Å². The van der Waals surface area contributed by atoms with Crippen molar-refractivity contribution in [3.8, 4) is 55.6 Å². The molecule has 1 heteroatoms. The molecule has 1 nitrogen and oxygen atoms in total. The largest absolute Gasteiger partial charge is 0.310 e. The van der Waals surface area contributed by atoms with Crippen molar-refractivity contribution in [2.75, 3.05) is 4.90 Å². The number of rotatable bonds is 5. The van der Waals surface area contributed by atoms with Crippen LogP contribution in [0.2, 0.25) is 0 Å². The fourth-order valence-electron chi connectivity index (χ4n) is 10.9. The van der Waals surface area contributed by atoms with Gasteiger partial charge in [0.2, 0.25) is 0 Å². The SMILES string of the molecule is CC1(C)c2ccccc2-c2ccc(N(c3ccc(-c4ccccc4-c4cccc5c4C(C)(C)c4ccccc4-5)cc3)c3ccc4c(c3)C(C)(C)c3ccccc3-4)cc21. The van der Waals surface area contributed by atoms with Crippen LogP contribution in [0, 0.1) is 0 Å². The average molecular weight is 746 g/mol. The summed E-state index contributed by atoms with van der Waals surface area (Å²) in [7, 11) is 0. The summed E-state index contributed by atoms with van der Waals surface area (Å²) in [6.45, 7) is 14.2. The van der Waals surface area contributed by atoms with Crippen LogP contribution in [0.15, 0.2) is 176 Å². The first kappa shape index (κ1) is 34.8. The standard InChI is InChI=1S/C57H47N/c1-55(2)49-23-12-9-18-42(49)45-32-30-38(34-52(45)55)58(39-31-33-46-43-19-10-13-24-50(43)56(3,4)53(46)35-39)37-28-26-36(27-29-37)40-16-7-8-17-41(40)47-21-15-22-48-44-20-11-14-25-51(44)57(5,6)54(47)48/h7-35H,1-6H3. The van der Waals surface area contributed by atoms with Crippen molar-refractivity contribution in [1.82, 2.24) is 0 Å². The third-order valence-corrected chi connectivity index (χ3v) is 13.9. The summed E-state index contributed by atoms with van der Waals surface area (Å²) in [6, 6.07) is 66.1. The summed E-state index contributed by atoms with van der Waals surface area (Å²) >= 11 is 0. The third kappa shape index (κ3) is 4.83. The molecule has 3 aliphatic rings. The van der Waals surface area contributed by atoms with Crippen LogP contribution in [0.5, 0.6) is 0 Å². The van der Waals surface area contributed by atoms with E-state index < -0.39 is 0 Å². The van der Waals surface area contributed by atoms with Crippen molar-refractivity contribution >= 4 is 17.1 Å². The summed E-state index contributed by atoms with van der Waals surface area (Å²) in [5, 5.41) is 0. The zero-order valence-electron chi connectivity index (χ0n) is 34.2. The van der Waals surface area contributed by atoms with Crippen molar-refractivity contribution in [2.24, 2.45) is 0 Å². The molecule has 58 heavy (non-hydrogen) atoms. The van der Waals surface area contributed by atoms with Crippen LogP contribution >= 0.6 is 0 Å². The normalized spacial score (nSPS) is 15.5. The first-order chi connectivity index (χ1) is 28.0. The highest BCUT2D eigenvalue weighted by Crippen LogP contribution is 2.55. The van der Waals surface area contributed by atoms with Crippen molar-refractivity contribution in [3.63, 3.8) is 0 Å². The minimum atomic E-state index is -0.101. The van der Waals surface area contributed by atoms with E-state index in [9.17, 15) is 0 Å². The highest BCUT2D eigenvalue weighted by atomic mass is 15.1. The monoisotopic (exact) mass is 745 g/mol. The summed E-state index contributed by atoms with van der Waals surface area (Å²) in [4.78, 5) is 2.47. The second kappa shape index (κ2) is 12.3. The summed E-state index contributed by atoms with van der Waals surface area (Å²) in [5.74, 6) is 0. The number of hydrogen-bond acceptors (Lipinski definition) is 1. The minimum absolute atomic E-state index is 0.0996. The zero-order valence-corrected chi connectivity index (χ0v) is 34.2. The van der Waals surface area contributed by atoms with Gasteiger partial charge in [-0.1, -0.05) is 181 Å². The molecule has 8 aromatic carbocycles. The van der Waals surface area contributed by atoms with Gasteiger partial charge in [0.05, 0.1) is 0 Å². The van der Waals surface area contributed by atoms with E-state index in [1.54, 1.807) is 0 Å². The van der Waals surface area contributed by atoms with Gasteiger partial charge in [0.1, 0.15) is 0 Å². The molecule has 0 amide bonds. The number of nitrogens with zero attached hydrogens (tertiary/aromatic N) is 1. The molecule has 0 unspecified atom stereocenters. The molecule has 11 rings (SSSR count). The molecule has 280 valence electrons. The highest BCUT2D eigenvalue weighted by Gasteiger charge is 2.39. The van der Waals surface area contributed by atoms with Gasteiger partial charge in [-0.2, -0.15) is 0 Å². The van der Waals surface area contributed by atoms with E-state index >= 15 is 0 Å². The van der Waals surface area contributed by atoms with Crippen LogP contribution in [0.1, 0.15) is 74.9 Å². The van der Waals surface area contributed by atoms with Crippen molar-refractivity contribution in [1.29, 1.82) is 0 Å². The first-order valence-corrected chi connectivity index (χ1v) is 20.8. The Bertz CT molecular complexity index is 2870. The number of benzene rings is 8. The van der Waals surface area contributed by atoms with Gasteiger partial charge >= 0.3 is 0 Å².